The minimum atomic E-state index is 0.385. The van der Waals surface area contributed by atoms with Gasteiger partial charge in [-0.1, -0.05) is 0 Å². The van der Waals surface area contributed by atoms with Crippen LogP contribution in [0, 0.1) is 18.3 Å². The standard InChI is InChI=1S/C11H8N4/c1-8-2-3-14-9(6-12)11(8)10-7-13-4-5-15-10/h2-5,7H,1H3. The zero-order valence-corrected chi connectivity index (χ0v) is 8.18. The van der Waals surface area contributed by atoms with Gasteiger partial charge in [-0.25, -0.2) is 4.98 Å². The predicted octanol–water partition coefficient (Wildman–Crippen LogP) is 1.72. The van der Waals surface area contributed by atoms with Crippen LogP contribution >= 0.6 is 0 Å². The first-order valence-electron chi connectivity index (χ1n) is 4.45. The number of nitriles is 1. The van der Waals surface area contributed by atoms with Crippen LogP contribution in [-0.2, 0) is 0 Å². The van der Waals surface area contributed by atoms with Gasteiger partial charge in [0.2, 0.25) is 0 Å². The molecular weight excluding hydrogens is 188 g/mol. The van der Waals surface area contributed by atoms with Gasteiger partial charge in [0.05, 0.1) is 11.9 Å². The number of aryl methyl sites for hydroxylation is 1. The zero-order chi connectivity index (χ0) is 10.7. The fourth-order valence-electron chi connectivity index (χ4n) is 1.39. The lowest BCUT2D eigenvalue weighted by atomic mass is 10.1. The molecule has 2 rings (SSSR count). The highest BCUT2D eigenvalue weighted by Gasteiger charge is 2.09. The Labute approximate surface area is 87.3 Å². The third kappa shape index (κ3) is 1.67. The van der Waals surface area contributed by atoms with E-state index < -0.39 is 0 Å². The highest BCUT2D eigenvalue weighted by Crippen LogP contribution is 2.22. The molecule has 0 saturated heterocycles. The average Bonchev–Trinajstić information content (AvgIpc) is 2.29. The summed E-state index contributed by atoms with van der Waals surface area (Å²) < 4.78 is 0. The van der Waals surface area contributed by atoms with Crippen molar-refractivity contribution in [3.8, 4) is 17.3 Å². The Morgan fingerprint density at radius 3 is 2.73 bits per heavy atom. The van der Waals surface area contributed by atoms with E-state index in [9.17, 15) is 0 Å². The highest BCUT2D eigenvalue weighted by molar-refractivity contribution is 5.67. The second-order valence-electron chi connectivity index (χ2n) is 3.05. The second-order valence-corrected chi connectivity index (χ2v) is 3.05. The molecule has 15 heavy (non-hydrogen) atoms. The van der Waals surface area contributed by atoms with Crippen LogP contribution in [0.3, 0.4) is 0 Å². The third-order valence-electron chi connectivity index (χ3n) is 2.08. The monoisotopic (exact) mass is 196 g/mol. The van der Waals surface area contributed by atoms with Crippen LogP contribution in [0.25, 0.3) is 11.3 Å². The molecule has 0 saturated carbocycles. The average molecular weight is 196 g/mol. The van der Waals surface area contributed by atoms with E-state index in [0.717, 1.165) is 11.1 Å². The Morgan fingerprint density at radius 1 is 1.20 bits per heavy atom. The molecule has 0 bridgehead atoms. The SMILES string of the molecule is Cc1ccnc(C#N)c1-c1cnccn1. The second kappa shape index (κ2) is 3.84. The van der Waals surface area contributed by atoms with Gasteiger partial charge in [0, 0.05) is 24.2 Å². The van der Waals surface area contributed by atoms with E-state index in [0.29, 0.717) is 11.4 Å². The maximum Gasteiger partial charge on any atom is 0.150 e. The van der Waals surface area contributed by atoms with Crippen molar-refractivity contribution in [2.24, 2.45) is 0 Å². The van der Waals surface area contributed by atoms with Crippen molar-refractivity contribution in [3.05, 3.63) is 42.1 Å². The highest BCUT2D eigenvalue weighted by atomic mass is 14.8. The molecule has 0 radical (unpaired) electrons. The van der Waals surface area contributed by atoms with Crippen LogP contribution in [0.5, 0.6) is 0 Å². The van der Waals surface area contributed by atoms with Gasteiger partial charge in [-0.2, -0.15) is 5.26 Å². The molecule has 2 aromatic heterocycles. The van der Waals surface area contributed by atoms with Crippen LogP contribution in [0.2, 0.25) is 0 Å². The van der Waals surface area contributed by atoms with E-state index >= 15 is 0 Å². The van der Waals surface area contributed by atoms with Crippen molar-refractivity contribution in [1.82, 2.24) is 15.0 Å². The molecule has 0 aliphatic heterocycles. The molecule has 0 aliphatic rings. The van der Waals surface area contributed by atoms with Gasteiger partial charge in [0.1, 0.15) is 11.8 Å². The number of pyridine rings is 1. The Balaban J connectivity index is 2.68. The van der Waals surface area contributed by atoms with Crippen LogP contribution in [0.15, 0.2) is 30.9 Å². The molecule has 0 spiro atoms. The van der Waals surface area contributed by atoms with E-state index in [1.807, 2.05) is 13.0 Å². The van der Waals surface area contributed by atoms with Gasteiger partial charge in [-0.3, -0.25) is 9.97 Å². The van der Waals surface area contributed by atoms with Crippen molar-refractivity contribution in [3.63, 3.8) is 0 Å². The molecular formula is C11H8N4. The summed E-state index contributed by atoms with van der Waals surface area (Å²) in [6.07, 6.45) is 6.45. The molecule has 4 heteroatoms. The molecule has 0 atom stereocenters. The summed E-state index contributed by atoms with van der Waals surface area (Å²) in [4.78, 5) is 12.1. The summed E-state index contributed by atoms with van der Waals surface area (Å²) in [5.41, 5.74) is 2.80. The Bertz CT molecular complexity index is 514. The lowest BCUT2D eigenvalue weighted by Gasteiger charge is -2.04. The third-order valence-corrected chi connectivity index (χ3v) is 2.08. The Kier molecular flexibility index (Phi) is 2.38. The number of rotatable bonds is 1. The van der Waals surface area contributed by atoms with E-state index in [2.05, 4.69) is 21.0 Å². The summed E-state index contributed by atoms with van der Waals surface area (Å²) in [7, 11) is 0. The normalized spacial score (nSPS) is 9.60. The van der Waals surface area contributed by atoms with Gasteiger partial charge in [0.15, 0.2) is 0 Å². The molecule has 4 nitrogen and oxygen atoms in total. The van der Waals surface area contributed by atoms with Crippen molar-refractivity contribution in [1.29, 1.82) is 5.26 Å². The number of hydrogen-bond donors (Lipinski definition) is 0. The molecule has 0 aromatic carbocycles. The summed E-state index contributed by atoms with van der Waals surface area (Å²) in [6.45, 7) is 1.92. The minimum Gasteiger partial charge on any atom is -0.261 e. The molecule has 0 N–H and O–H groups in total. The first-order valence-corrected chi connectivity index (χ1v) is 4.45. The lowest BCUT2D eigenvalue weighted by molar-refractivity contribution is 1.17. The first-order chi connectivity index (χ1) is 7.33. The fraction of sp³-hybridized carbons (Fsp3) is 0.0909. The van der Waals surface area contributed by atoms with Crippen molar-refractivity contribution in [2.75, 3.05) is 0 Å². The summed E-state index contributed by atoms with van der Waals surface area (Å²) in [6, 6.07) is 3.91. The van der Waals surface area contributed by atoms with Crippen LogP contribution in [-0.4, -0.2) is 15.0 Å². The van der Waals surface area contributed by atoms with E-state index in [1.54, 1.807) is 24.8 Å². The molecule has 2 heterocycles. The molecule has 0 fully saturated rings. The molecule has 2 aromatic rings. The molecule has 0 aliphatic carbocycles. The van der Waals surface area contributed by atoms with Gasteiger partial charge in [-0.15, -0.1) is 0 Å². The smallest absolute Gasteiger partial charge is 0.150 e. The number of nitrogens with zero attached hydrogens (tertiary/aromatic N) is 4. The van der Waals surface area contributed by atoms with Crippen molar-refractivity contribution >= 4 is 0 Å². The topological polar surface area (TPSA) is 62.5 Å². The van der Waals surface area contributed by atoms with Gasteiger partial charge >= 0.3 is 0 Å². The number of hydrogen-bond acceptors (Lipinski definition) is 4. The van der Waals surface area contributed by atoms with E-state index in [1.165, 1.54) is 0 Å². The lowest BCUT2D eigenvalue weighted by Crippen LogP contribution is -1.94. The van der Waals surface area contributed by atoms with Gasteiger partial charge in [-0.05, 0) is 18.6 Å². The van der Waals surface area contributed by atoms with Gasteiger partial charge < -0.3 is 0 Å². The van der Waals surface area contributed by atoms with Gasteiger partial charge in [0.25, 0.3) is 0 Å². The minimum absolute atomic E-state index is 0.385. The number of aromatic nitrogens is 3. The summed E-state index contributed by atoms with van der Waals surface area (Å²) >= 11 is 0. The zero-order valence-electron chi connectivity index (χ0n) is 8.18. The first kappa shape index (κ1) is 9.28. The quantitative estimate of drug-likeness (QED) is 0.696. The largest absolute Gasteiger partial charge is 0.261 e. The van der Waals surface area contributed by atoms with Crippen LogP contribution < -0.4 is 0 Å². The van der Waals surface area contributed by atoms with Crippen molar-refractivity contribution < 1.29 is 0 Å². The van der Waals surface area contributed by atoms with E-state index in [4.69, 9.17) is 5.26 Å². The Hall–Kier alpha value is -2.28. The van der Waals surface area contributed by atoms with Crippen LogP contribution in [0.1, 0.15) is 11.3 Å². The van der Waals surface area contributed by atoms with Crippen LogP contribution in [0.4, 0.5) is 0 Å². The summed E-state index contributed by atoms with van der Waals surface area (Å²) in [5.74, 6) is 0. The predicted molar refractivity (Wildman–Crippen MR) is 54.7 cm³/mol. The van der Waals surface area contributed by atoms with E-state index in [-0.39, 0.29) is 0 Å². The summed E-state index contributed by atoms with van der Waals surface area (Å²) in [5, 5.41) is 8.94. The maximum absolute atomic E-state index is 8.94. The maximum atomic E-state index is 8.94. The Morgan fingerprint density at radius 2 is 2.07 bits per heavy atom. The molecule has 0 amide bonds. The fourth-order valence-corrected chi connectivity index (χ4v) is 1.39. The molecule has 72 valence electrons. The molecule has 0 unspecified atom stereocenters. The van der Waals surface area contributed by atoms with Crippen molar-refractivity contribution in [2.45, 2.75) is 6.92 Å².